The molecule has 0 saturated carbocycles. The molecule has 0 aromatic heterocycles. The molecule has 15 heavy (non-hydrogen) atoms. The van der Waals surface area contributed by atoms with Gasteiger partial charge in [-0.25, -0.2) is 4.79 Å². The number of alkyl halides is 5. The second-order valence-electron chi connectivity index (χ2n) is 2.49. The van der Waals surface area contributed by atoms with Gasteiger partial charge < -0.3 is 4.74 Å². The van der Waals surface area contributed by atoms with Crippen LogP contribution in [0, 0.1) is 0 Å². The van der Waals surface area contributed by atoms with E-state index in [-0.39, 0.29) is 5.06 Å². The van der Waals surface area contributed by atoms with Crippen LogP contribution in [0.1, 0.15) is 6.92 Å². The lowest BCUT2D eigenvalue weighted by Gasteiger charge is -2.25. The Hall–Kier alpha value is -0.0400. The Kier molecular flexibility index (Phi) is 5.32. The number of amides is 1. The van der Waals surface area contributed by atoms with Gasteiger partial charge in [0.1, 0.15) is 6.61 Å². The van der Waals surface area contributed by atoms with Crippen LogP contribution in [0.2, 0.25) is 0 Å². The zero-order valence-corrected chi connectivity index (χ0v) is 10.0. The fourth-order valence-corrected chi connectivity index (χ4v) is 0.761. The Labute approximate surface area is 99.9 Å². The van der Waals surface area contributed by atoms with Crippen LogP contribution in [0.25, 0.3) is 0 Å². The fourth-order valence-electron chi connectivity index (χ4n) is 0.597. The van der Waals surface area contributed by atoms with Gasteiger partial charge in [0, 0.05) is 6.92 Å². The van der Waals surface area contributed by atoms with E-state index in [0.29, 0.717) is 6.92 Å². The molecule has 9 heteroatoms. The van der Waals surface area contributed by atoms with Crippen molar-refractivity contribution < 1.29 is 23.1 Å². The van der Waals surface area contributed by atoms with E-state index in [1.807, 2.05) is 0 Å². The average Bonchev–Trinajstić information content (AvgIpc) is 1.98. The number of hydrogen-bond donors (Lipinski definition) is 0. The highest BCUT2D eigenvalue weighted by Crippen LogP contribution is 2.27. The van der Waals surface area contributed by atoms with Crippen LogP contribution in [-0.4, -0.2) is 34.7 Å². The maximum Gasteiger partial charge on any atom is 0.439 e. The third-order valence-corrected chi connectivity index (χ3v) is 1.39. The summed E-state index contributed by atoms with van der Waals surface area (Å²) >= 11 is 15.7. The molecule has 0 fully saturated rings. The summed E-state index contributed by atoms with van der Waals surface area (Å²) in [5, 5.41) is -0.274. The van der Waals surface area contributed by atoms with Crippen molar-refractivity contribution in [1.82, 2.24) is 5.06 Å². The summed E-state index contributed by atoms with van der Waals surface area (Å²) in [7, 11) is 0.883. The van der Waals surface area contributed by atoms with Gasteiger partial charge in [0.15, 0.2) is 0 Å². The lowest BCUT2D eigenvalue weighted by molar-refractivity contribution is -0.267. The van der Waals surface area contributed by atoms with E-state index in [0.717, 1.165) is 7.11 Å². The normalized spacial score (nSPS) is 12.5. The Morgan fingerprint density at radius 2 is 1.87 bits per heavy atom. The molecule has 90 valence electrons. The van der Waals surface area contributed by atoms with E-state index in [1.54, 1.807) is 0 Å². The largest absolute Gasteiger partial charge is 0.443 e. The maximum atomic E-state index is 12.7. The minimum atomic E-state index is -3.53. The molecule has 0 rings (SSSR count). The molecule has 0 bridgehead atoms. The van der Waals surface area contributed by atoms with Gasteiger partial charge in [-0.1, -0.05) is 34.8 Å². The van der Waals surface area contributed by atoms with Crippen molar-refractivity contribution in [1.29, 1.82) is 0 Å². The number of hydrogen-bond acceptors (Lipinski definition) is 3. The van der Waals surface area contributed by atoms with Crippen molar-refractivity contribution in [2.45, 2.75) is 16.8 Å². The molecule has 0 aliphatic rings. The molecule has 0 aliphatic heterocycles. The van der Waals surface area contributed by atoms with Gasteiger partial charge in [-0.3, -0.25) is 4.84 Å². The highest BCUT2D eigenvalue weighted by atomic mass is 35.6. The number of nitrogens with zero attached hydrogens (tertiary/aromatic N) is 1. The first kappa shape index (κ1) is 15.0. The Morgan fingerprint density at radius 3 is 2.13 bits per heavy atom. The van der Waals surface area contributed by atoms with E-state index in [4.69, 9.17) is 34.8 Å². The number of rotatable bonds is 3. The standard InChI is InChI=1S/C6H8Cl3F2NO3/c1-5(10,11)12(14-2)4(13)15-3-6(7,8)9/h3H2,1-2H3. The highest BCUT2D eigenvalue weighted by molar-refractivity contribution is 6.67. The van der Waals surface area contributed by atoms with Crippen molar-refractivity contribution in [2.75, 3.05) is 13.7 Å². The number of ether oxygens (including phenoxy) is 1. The molecule has 0 aromatic carbocycles. The second-order valence-corrected chi connectivity index (χ2v) is 5.00. The van der Waals surface area contributed by atoms with Gasteiger partial charge in [0.2, 0.25) is 3.79 Å². The summed E-state index contributed by atoms with van der Waals surface area (Å²) in [5.74, 6) is 0. The minimum Gasteiger partial charge on any atom is -0.443 e. The van der Waals surface area contributed by atoms with Crippen LogP contribution in [0.5, 0.6) is 0 Å². The monoisotopic (exact) mass is 285 g/mol. The molecule has 0 saturated heterocycles. The molecule has 1 amide bonds. The van der Waals surface area contributed by atoms with Gasteiger partial charge in [-0.15, -0.1) is 5.06 Å². The average molecular weight is 286 g/mol. The Morgan fingerprint density at radius 1 is 1.40 bits per heavy atom. The van der Waals surface area contributed by atoms with Crippen LogP contribution in [0.15, 0.2) is 0 Å². The maximum absolute atomic E-state index is 12.7. The molecular formula is C6H8Cl3F2NO3. The van der Waals surface area contributed by atoms with Crippen molar-refractivity contribution >= 4 is 40.9 Å². The zero-order chi connectivity index (χ0) is 12.3. The third kappa shape index (κ3) is 6.19. The number of carbonyl (C=O) groups excluding carboxylic acids is 1. The highest BCUT2D eigenvalue weighted by Gasteiger charge is 2.38. The van der Waals surface area contributed by atoms with E-state index in [2.05, 4.69) is 9.57 Å². The fraction of sp³-hybridized carbons (Fsp3) is 0.833. The van der Waals surface area contributed by atoms with Gasteiger partial charge in [-0.2, -0.15) is 8.78 Å². The molecule has 0 unspecified atom stereocenters. The smallest absolute Gasteiger partial charge is 0.439 e. The first-order valence-corrected chi connectivity index (χ1v) is 4.67. The summed E-state index contributed by atoms with van der Waals surface area (Å²) in [6.45, 7) is -0.209. The molecule has 0 radical (unpaired) electrons. The lowest BCUT2D eigenvalue weighted by atomic mass is 10.6. The summed E-state index contributed by atoms with van der Waals surface area (Å²) < 4.78 is 27.7. The van der Waals surface area contributed by atoms with E-state index >= 15 is 0 Å². The van der Waals surface area contributed by atoms with E-state index in [1.165, 1.54) is 0 Å². The van der Waals surface area contributed by atoms with Crippen molar-refractivity contribution in [2.24, 2.45) is 0 Å². The van der Waals surface area contributed by atoms with E-state index in [9.17, 15) is 13.6 Å². The molecule has 4 nitrogen and oxygen atoms in total. The zero-order valence-electron chi connectivity index (χ0n) is 7.77. The summed E-state index contributed by atoms with van der Waals surface area (Å²) in [5.41, 5.74) is 0. The van der Waals surface area contributed by atoms with Crippen molar-refractivity contribution in [3.05, 3.63) is 0 Å². The Bertz CT molecular complexity index is 229. The van der Waals surface area contributed by atoms with E-state index < -0.39 is 22.5 Å². The molecule has 0 heterocycles. The molecule has 0 aromatic rings. The number of hydroxylamine groups is 2. The molecule has 0 aliphatic carbocycles. The van der Waals surface area contributed by atoms with Crippen LogP contribution < -0.4 is 0 Å². The predicted molar refractivity (Wildman–Crippen MR) is 51.1 cm³/mol. The Balaban J connectivity index is 4.31. The topological polar surface area (TPSA) is 38.8 Å². The molecule has 0 spiro atoms. The summed E-state index contributed by atoms with van der Waals surface area (Å²) in [4.78, 5) is 15.1. The quantitative estimate of drug-likeness (QED) is 0.455. The summed E-state index contributed by atoms with van der Waals surface area (Å²) in [6, 6.07) is -3.53. The second kappa shape index (κ2) is 5.34. The van der Waals surface area contributed by atoms with Crippen LogP contribution in [0.4, 0.5) is 13.6 Å². The first-order valence-electron chi connectivity index (χ1n) is 3.53. The van der Waals surface area contributed by atoms with Crippen LogP contribution >= 0.6 is 34.8 Å². The van der Waals surface area contributed by atoms with Gasteiger partial charge in [0.25, 0.3) is 0 Å². The SMILES string of the molecule is CON(C(=O)OCC(Cl)(Cl)Cl)C(C)(F)F. The van der Waals surface area contributed by atoms with Crippen molar-refractivity contribution in [3.8, 4) is 0 Å². The van der Waals surface area contributed by atoms with Crippen molar-refractivity contribution in [3.63, 3.8) is 0 Å². The molecular weight excluding hydrogens is 278 g/mol. The molecule has 0 atom stereocenters. The predicted octanol–water partition coefficient (Wildman–Crippen LogP) is 2.97. The number of carbonyl (C=O) groups is 1. The van der Waals surface area contributed by atoms with Crippen LogP contribution in [-0.2, 0) is 9.57 Å². The lowest BCUT2D eigenvalue weighted by Crippen LogP contribution is -2.43. The number of halogens is 5. The molecule has 0 N–H and O–H groups in total. The first-order chi connectivity index (χ1) is 6.58. The summed E-state index contributed by atoms with van der Waals surface area (Å²) in [6.07, 6.45) is -1.45. The third-order valence-electron chi connectivity index (χ3n) is 1.06. The minimum absolute atomic E-state index is 0.274. The van der Waals surface area contributed by atoms with Gasteiger partial charge in [-0.05, 0) is 0 Å². The van der Waals surface area contributed by atoms with Gasteiger partial charge in [0.05, 0.1) is 7.11 Å². The van der Waals surface area contributed by atoms with Gasteiger partial charge >= 0.3 is 12.1 Å². The van der Waals surface area contributed by atoms with Crippen LogP contribution in [0.3, 0.4) is 0 Å².